The topological polar surface area (TPSA) is 73.9 Å². The van der Waals surface area contributed by atoms with Crippen LogP contribution in [0.1, 0.15) is 73.3 Å². The van der Waals surface area contributed by atoms with Gasteiger partial charge in [-0.15, -0.1) is 0 Å². The lowest BCUT2D eigenvalue weighted by atomic mass is 9.98. The van der Waals surface area contributed by atoms with Crippen LogP contribution in [-0.2, 0) is 11.2 Å². The number of amides is 2. The molecule has 2 amide bonds. The van der Waals surface area contributed by atoms with E-state index >= 15 is 0 Å². The Morgan fingerprint density at radius 3 is 2.13 bits per heavy atom. The first kappa shape index (κ1) is 27.1. The van der Waals surface area contributed by atoms with Gasteiger partial charge in [-0.05, 0) is 96.1 Å². The van der Waals surface area contributed by atoms with Crippen LogP contribution in [0.3, 0.4) is 0 Å². The number of thioether (sulfide) groups is 1. The Kier molecular flexibility index (Phi) is 9.09. The fourth-order valence-electron chi connectivity index (χ4n) is 5.16. The fraction of sp³-hybridized carbons (Fsp3) is 0.375. The van der Waals surface area contributed by atoms with Crippen molar-refractivity contribution in [3.05, 3.63) is 83.4 Å². The molecule has 2 fully saturated rings. The Morgan fingerprint density at radius 1 is 0.821 bits per heavy atom. The second kappa shape index (κ2) is 13.1. The number of hydrogen-bond donors (Lipinski definition) is 1. The molecule has 3 aromatic carbocycles. The van der Waals surface area contributed by atoms with Crippen LogP contribution in [0.15, 0.2) is 66.7 Å². The van der Waals surface area contributed by atoms with Crippen LogP contribution >= 0.6 is 11.8 Å². The first-order valence-electron chi connectivity index (χ1n) is 13.9. The largest absolute Gasteiger partial charge is 0.493 e. The molecule has 0 radical (unpaired) electrons. The highest BCUT2D eigenvalue weighted by Crippen LogP contribution is 2.36. The van der Waals surface area contributed by atoms with Gasteiger partial charge in [-0.2, -0.15) is 0 Å². The third-order valence-corrected chi connectivity index (χ3v) is 8.22. The number of ether oxygens (including phenoxy) is 3. The molecule has 1 heterocycles. The van der Waals surface area contributed by atoms with Gasteiger partial charge in [0.05, 0.1) is 13.2 Å². The zero-order chi connectivity index (χ0) is 27.0. The molecule has 1 unspecified atom stereocenters. The third-order valence-electron chi connectivity index (χ3n) is 7.18. The van der Waals surface area contributed by atoms with Crippen LogP contribution in [-0.4, -0.2) is 24.4 Å². The molecular formula is C32H35NO5S. The van der Waals surface area contributed by atoms with Crippen molar-refractivity contribution in [2.24, 2.45) is 0 Å². The van der Waals surface area contributed by atoms with E-state index in [0.717, 1.165) is 65.1 Å². The molecule has 0 bridgehead atoms. The molecule has 1 atom stereocenters. The highest BCUT2D eigenvalue weighted by Gasteiger charge is 2.32. The number of benzene rings is 3. The van der Waals surface area contributed by atoms with Gasteiger partial charge in [0.25, 0.3) is 5.24 Å². The summed E-state index contributed by atoms with van der Waals surface area (Å²) in [5.41, 5.74) is 3.35. The SMILES string of the molecule is CCCc1cc(OCCCOc2ccc(C3SC(=O)NC3=O)cc2)ccc1Oc1ccc(C2CCCC2)cc1. The average molecular weight is 546 g/mol. The summed E-state index contributed by atoms with van der Waals surface area (Å²) >= 11 is 1.000. The Hall–Kier alpha value is -3.45. The summed E-state index contributed by atoms with van der Waals surface area (Å²) in [5, 5.41) is 1.51. The van der Waals surface area contributed by atoms with E-state index in [0.29, 0.717) is 19.1 Å². The van der Waals surface area contributed by atoms with E-state index < -0.39 is 5.25 Å². The molecule has 1 N–H and O–H groups in total. The normalized spacial score (nSPS) is 17.3. The fourth-order valence-corrected chi connectivity index (χ4v) is 5.99. The summed E-state index contributed by atoms with van der Waals surface area (Å²) in [5.74, 6) is 3.72. The maximum absolute atomic E-state index is 11.8. The van der Waals surface area contributed by atoms with Crippen LogP contribution in [0.5, 0.6) is 23.0 Å². The minimum Gasteiger partial charge on any atom is -0.493 e. The minimum atomic E-state index is -0.489. The second-order valence-electron chi connectivity index (χ2n) is 10.1. The van der Waals surface area contributed by atoms with E-state index in [1.165, 1.54) is 31.2 Å². The number of aryl methyl sites for hydroxylation is 1. The van der Waals surface area contributed by atoms with Crippen molar-refractivity contribution in [1.29, 1.82) is 0 Å². The van der Waals surface area contributed by atoms with Crippen molar-refractivity contribution in [1.82, 2.24) is 5.32 Å². The van der Waals surface area contributed by atoms with Gasteiger partial charge < -0.3 is 14.2 Å². The lowest BCUT2D eigenvalue weighted by Crippen LogP contribution is -2.20. The standard InChI is InChI=1S/C32H35NO5S/c1-2-6-25-21-28(17-18-29(25)38-27-15-9-23(10-16-27)22-7-3-4-8-22)37-20-5-19-36-26-13-11-24(12-14-26)30-31(34)33-32(35)39-30/h9-18,21-22,30H,2-8,19-20H2,1H3,(H,33,34,35). The number of nitrogens with one attached hydrogen (secondary N) is 1. The van der Waals surface area contributed by atoms with Crippen LogP contribution < -0.4 is 19.5 Å². The smallest absolute Gasteiger partial charge is 0.286 e. The molecule has 3 aromatic rings. The third kappa shape index (κ3) is 7.15. The Bertz CT molecular complexity index is 1270. The van der Waals surface area contributed by atoms with Crippen molar-refractivity contribution >= 4 is 22.9 Å². The highest BCUT2D eigenvalue weighted by molar-refractivity contribution is 8.15. The molecule has 1 saturated heterocycles. The minimum absolute atomic E-state index is 0.272. The Labute approximate surface area is 234 Å². The zero-order valence-electron chi connectivity index (χ0n) is 22.3. The summed E-state index contributed by atoms with van der Waals surface area (Å²) in [6.07, 6.45) is 7.94. The molecule has 7 heteroatoms. The molecule has 39 heavy (non-hydrogen) atoms. The molecule has 1 aliphatic carbocycles. The van der Waals surface area contributed by atoms with Crippen LogP contribution in [0.25, 0.3) is 0 Å². The quantitative estimate of drug-likeness (QED) is 0.233. The van der Waals surface area contributed by atoms with Crippen molar-refractivity contribution in [2.45, 2.75) is 63.0 Å². The van der Waals surface area contributed by atoms with Gasteiger partial charge in [0, 0.05) is 6.42 Å². The molecule has 204 valence electrons. The molecule has 5 rings (SSSR count). The predicted octanol–water partition coefficient (Wildman–Crippen LogP) is 7.96. The van der Waals surface area contributed by atoms with E-state index in [9.17, 15) is 9.59 Å². The van der Waals surface area contributed by atoms with E-state index in [1.807, 2.05) is 36.4 Å². The number of carbonyl (C=O) groups is 2. The summed E-state index contributed by atoms with van der Waals surface area (Å²) in [6.45, 7) is 3.21. The number of carbonyl (C=O) groups excluding carboxylic acids is 2. The lowest BCUT2D eigenvalue weighted by Gasteiger charge is -2.15. The monoisotopic (exact) mass is 545 g/mol. The van der Waals surface area contributed by atoms with E-state index in [2.05, 4.69) is 42.6 Å². The molecule has 6 nitrogen and oxygen atoms in total. The molecule has 0 spiro atoms. The highest BCUT2D eigenvalue weighted by atomic mass is 32.2. The predicted molar refractivity (Wildman–Crippen MR) is 154 cm³/mol. The maximum atomic E-state index is 11.8. The molecule has 1 aliphatic heterocycles. The van der Waals surface area contributed by atoms with Crippen LogP contribution in [0.2, 0.25) is 0 Å². The van der Waals surface area contributed by atoms with Gasteiger partial charge >= 0.3 is 0 Å². The number of hydrogen-bond acceptors (Lipinski definition) is 6. The maximum Gasteiger partial charge on any atom is 0.286 e. The second-order valence-corrected chi connectivity index (χ2v) is 11.1. The van der Waals surface area contributed by atoms with E-state index in [4.69, 9.17) is 14.2 Å². The summed E-state index contributed by atoms with van der Waals surface area (Å²) in [4.78, 5) is 23.2. The van der Waals surface area contributed by atoms with E-state index in [-0.39, 0.29) is 11.1 Å². The van der Waals surface area contributed by atoms with Crippen LogP contribution in [0, 0.1) is 0 Å². The Balaban J connectivity index is 1.09. The molecule has 1 saturated carbocycles. The van der Waals surface area contributed by atoms with Gasteiger partial charge in [-0.3, -0.25) is 14.9 Å². The van der Waals surface area contributed by atoms with Crippen LogP contribution in [0.4, 0.5) is 4.79 Å². The number of rotatable bonds is 12. The molecule has 2 aliphatic rings. The Morgan fingerprint density at radius 2 is 1.46 bits per heavy atom. The lowest BCUT2D eigenvalue weighted by molar-refractivity contribution is -0.119. The number of imide groups is 1. The summed E-state index contributed by atoms with van der Waals surface area (Å²) < 4.78 is 18.1. The van der Waals surface area contributed by atoms with Crippen molar-refractivity contribution in [3.8, 4) is 23.0 Å². The molecule has 0 aromatic heterocycles. The first-order valence-corrected chi connectivity index (χ1v) is 14.7. The van der Waals surface area contributed by atoms with Crippen molar-refractivity contribution in [2.75, 3.05) is 13.2 Å². The van der Waals surface area contributed by atoms with Gasteiger partial charge in [0.1, 0.15) is 28.2 Å². The van der Waals surface area contributed by atoms with Gasteiger partial charge in [0.2, 0.25) is 5.91 Å². The van der Waals surface area contributed by atoms with Gasteiger partial charge in [-0.25, -0.2) is 0 Å². The van der Waals surface area contributed by atoms with Gasteiger partial charge in [0.15, 0.2) is 0 Å². The molecular weight excluding hydrogens is 510 g/mol. The van der Waals surface area contributed by atoms with Crippen molar-refractivity contribution < 1.29 is 23.8 Å². The average Bonchev–Trinajstić information content (AvgIpc) is 3.60. The van der Waals surface area contributed by atoms with Crippen molar-refractivity contribution in [3.63, 3.8) is 0 Å². The first-order chi connectivity index (χ1) is 19.1. The summed E-state index contributed by atoms with van der Waals surface area (Å²) in [7, 11) is 0. The van der Waals surface area contributed by atoms with E-state index in [1.54, 1.807) is 0 Å². The zero-order valence-corrected chi connectivity index (χ0v) is 23.1. The summed E-state index contributed by atoms with van der Waals surface area (Å²) in [6, 6.07) is 21.9. The van der Waals surface area contributed by atoms with Gasteiger partial charge in [-0.1, -0.05) is 50.5 Å².